The summed E-state index contributed by atoms with van der Waals surface area (Å²) in [5.41, 5.74) is 8.51. The second-order valence-corrected chi connectivity index (χ2v) is 5.40. The van der Waals surface area contributed by atoms with E-state index in [0.717, 1.165) is 11.1 Å². The summed E-state index contributed by atoms with van der Waals surface area (Å²) in [6.07, 6.45) is 0.511. The van der Waals surface area contributed by atoms with Gasteiger partial charge in [-0.1, -0.05) is 47.0 Å². The number of halogens is 3. The van der Waals surface area contributed by atoms with Crippen LogP contribution < -0.4 is 5.73 Å². The largest absolute Gasteiger partial charge is 0.324 e. The molecule has 2 aromatic rings. The van der Waals surface area contributed by atoms with Crippen molar-refractivity contribution in [1.82, 2.24) is 0 Å². The first-order valence-corrected chi connectivity index (χ1v) is 6.68. The fourth-order valence-corrected chi connectivity index (χ4v) is 2.30. The molecule has 1 nitrogen and oxygen atoms in total. The van der Waals surface area contributed by atoms with E-state index in [0.29, 0.717) is 22.0 Å². The Hall–Kier alpha value is -1.09. The molecule has 2 aromatic carbocycles. The maximum absolute atomic E-state index is 13.7. The normalized spacial score (nSPS) is 12.5. The van der Waals surface area contributed by atoms with Gasteiger partial charge in [-0.25, -0.2) is 4.39 Å². The molecule has 0 radical (unpaired) electrons. The SMILES string of the molecule is Cc1ccc(F)c(C(N)Cc2ccc(Cl)c(Cl)c2)c1. The van der Waals surface area contributed by atoms with E-state index < -0.39 is 6.04 Å². The average molecular weight is 298 g/mol. The third kappa shape index (κ3) is 3.47. The summed E-state index contributed by atoms with van der Waals surface area (Å²) in [5, 5.41) is 0.983. The molecular formula is C15H14Cl2FN. The first-order valence-electron chi connectivity index (χ1n) is 5.93. The quantitative estimate of drug-likeness (QED) is 0.874. The monoisotopic (exact) mass is 297 g/mol. The molecule has 0 spiro atoms. The lowest BCUT2D eigenvalue weighted by atomic mass is 9.98. The Labute approximate surface area is 122 Å². The van der Waals surface area contributed by atoms with Gasteiger partial charge in [0.1, 0.15) is 5.82 Å². The minimum atomic E-state index is -0.405. The summed E-state index contributed by atoms with van der Waals surface area (Å²) in [6, 6.07) is 9.87. The Morgan fingerprint density at radius 3 is 2.53 bits per heavy atom. The summed E-state index contributed by atoms with van der Waals surface area (Å²) >= 11 is 11.8. The zero-order valence-electron chi connectivity index (χ0n) is 10.5. The summed E-state index contributed by atoms with van der Waals surface area (Å²) < 4.78 is 13.7. The predicted molar refractivity (Wildman–Crippen MR) is 78.2 cm³/mol. The highest BCUT2D eigenvalue weighted by Gasteiger charge is 2.13. The van der Waals surface area contributed by atoms with Gasteiger partial charge in [0.2, 0.25) is 0 Å². The fraction of sp³-hybridized carbons (Fsp3) is 0.200. The van der Waals surface area contributed by atoms with E-state index in [9.17, 15) is 4.39 Å². The second-order valence-electron chi connectivity index (χ2n) is 4.58. The van der Waals surface area contributed by atoms with Gasteiger partial charge in [0, 0.05) is 11.6 Å². The molecule has 0 fully saturated rings. The van der Waals surface area contributed by atoms with Gasteiger partial charge in [0.15, 0.2) is 0 Å². The van der Waals surface area contributed by atoms with E-state index >= 15 is 0 Å². The third-order valence-corrected chi connectivity index (χ3v) is 3.73. The van der Waals surface area contributed by atoms with Crippen LogP contribution in [0.15, 0.2) is 36.4 Å². The van der Waals surface area contributed by atoms with Crippen molar-refractivity contribution in [3.8, 4) is 0 Å². The van der Waals surface area contributed by atoms with Crippen molar-refractivity contribution in [2.45, 2.75) is 19.4 Å². The molecule has 0 bridgehead atoms. The number of hydrogen-bond donors (Lipinski definition) is 1. The van der Waals surface area contributed by atoms with Gasteiger partial charge in [-0.3, -0.25) is 0 Å². The summed E-state index contributed by atoms with van der Waals surface area (Å²) in [5.74, 6) is -0.279. The van der Waals surface area contributed by atoms with Crippen LogP contribution in [0.5, 0.6) is 0 Å². The molecule has 0 aliphatic rings. The van der Waals surface area contributed by atoms with Crippen LogP contribution in [0.1, 0.15) is 22.7 Å². The first-order chi connectivity index (χ1) is 8.97. The lowest BCUT2D eigenvalue weighted by molar-refractivity contribution is 0.579. The Morgan fingerprint density at radius 1 is 1.11 bits per heavy atom. The predicted octanol–water partition coefficient (Wildman–Crippen LogP) is 4.68. The number of rotatable bonds is 3. The first kappa shape index (κ1) is 14.3. The molecule has 4 heteroatoms. The van der Waals surface area contributed by atoms with E-state index in [1.165, 1.54) is 6.07 Å². The minimum Gasteiger partial charge on any atom is -0.324 e. The molecule has 0 aromatic heterocycles. The summed E-state index contributed by atoms with van der Waals surface area (Å²) in [6.45, 7) is 1.91. The Balaban J connectivity index is 2.22. The van der Waals surface area contributed by atoms with Crippen molar-refractivity contribution >= 4 is 23.2 Å². The number of benzene rings is 2. The van der Waals surface area contributed by atoms with E-state index in [4.69, 9.17) is 28.9 Å². The van der Waals surface area contributed by atoms with Crippen molar-refractivity contribution in [1.29, 1.82) is 0 Å². The van der Waals surface area contributed by atoms with Crippen LogP contribution in [-0.2, 0) is 6.42 Å². The minimum absolute atomic E-state index is 0.279. The third-order valence-electron chi connectivity index (χ3n) is 2.99. The number of nitrogens with two attached hydrogens (primary N) is 1. The molecule has 19 heavy (non-hydrogen) atoms. The molecule has 2 rings (SSSR count). The van der Waals surface area contributed by atoms with E-state index in [1.807, 2.05) is 13.0 Å². The average Bonchev–Trinajstić information content (AvgIpc) is 2.36. The Kier molecular flexibility index (Phi) is 4.46. The van der Waals surface area contributed by atoms with Crippen LogP contribution in [0, 0.1) is 12.7 Å². The second kappa shape index (κ2) is 5.91. The Bertz CT molecular complexity index is 599. The smallest absolute Gasteiger partial charge is 0.128 e. The molecule has 2 N–H and O–H groups in total. The molecule has 0 amide bonds. The summed E-state index contributed by atoms with van der Waals surface area (Å²) in [7, 11) is 0. The highest BCUT2D eigenvalue weighted by Crippen LogP contribution is 2.26. The molecule has 0 heterocycles. The van der Waals surface area contributed by atoms with E-state index in [-0.39, 0.29) is 5.82 Å². The fourth-order valence-electron chi connectivity index (χ4n) is 1.98. The standard InChI is InChI=1S/C15H14Cl2FN/c1-9-2-5-14(18)11(6-9)15(19)8-10-3-4-12(16)13(17)7-10/h2-7,15H,8,19H2,1H3. The van der Waals surface area contributed by atoms with Crippen molar-refractivity contribution in [3.63, 3.8) is 0 Å². The van der Waals surface area contributed by atoms with Crippen LogP contribution >= 0.6 is 23.2 Å². The van der Waals surface area contributed by atoms with E-state index in [2.05, 4.69) is 0 Å². The highest BCUT2D eigenvalue weighted by molar-refractivity contribution is 6.42. The molecule has 0 aliphatic carbocycles. The van der Waals surface area contributed by atoms with Crippen LogP contribution in [-0.4, -0.2) is 0 Å². The van der Waals surface area contributed by atoms with E-state index in [1.54, 1.807) is 24.3 Å². The Morgan fingerprint density at radius 2 is 1.84 bits per heavy atom. The topological polar surface area (TPSA) is 26.0 Å². The van der Waals surface area contributed by atoms with Gasteiger partial charge in [0.05, 0.1) is 10.0 Å². The maximum atomic E-state index is 13.7. The zero-order valence-corrected chi connectivity index (χ0v) is 12.0. The molecule has 0 aliphatic heterocycles. The molecule has 100 valence electrons. The van der Waals surface area contributed by atoms with Crippen molar-refractivity contribution < 1.29 is 4.39 Å². The van der Waals surface area contributed by atoms with Crippen LogP contribution in [0.2, 0.25) is 10.0 Å². The number of hydrogen-bond acceptors (Lipinski definition) is 1. The highest BCUT2D eigenvalue weighted by atomic mass is 35.5. The van der Waals surface area contributed by atoms with Gasteiger partial charge in [-0.15, -0.1) is 0 Å². The lowest BCUT2D eigenvalue weighted by Gasteiger charge is -2.14. The van der Waals surface area contributed by atoms with Gasteiger partial charge >= 0.3 is 0 Å². The molecule has 0 saturated carbocycles. The van der Waals surface area contributed by atoms with Crippen molar-refractivity contribution in [3.05, 3.63) is 69.0 Å². The van der Waals surface area contributed by atoms with Gasteiger partial charge < -0.3 is 5.73 Å². The molecular weight excluding hydrogens is 284 g/mol. The maximum Gasteiger partial charge on any atom is 0.128 e. The van der Waals surface area contributed by atoms with Crippen LogP contribution in [0.4, 0.5) is 4.39 Å². The van der Waals surface area contributed by atoms with Crippen molar-refractivity contribution in [2.24, 2.45) is 5.73 Å². The molecule has 1 unspecified atom stereocenters. The molecule has 0 saturated heterocycles. The van der Waals surface area contributed by atoms with Gasteiger partial charge in [-0.2, -0.15) is 0 Å². The van der Waals surface area contributed by atoms with Crippen LogP contribution in [0.3, 0.4) is 0 Å². The zero-order chi connectivity index (χ0) is 14.0. The number of aryl methyl sites for hydroxylation is 1. The molecule has 1 atom stereocenters. The van der Waals surface area contributed by atoms with Crippen molar-refractivity contribution in [2.75, 3.05) is 0 Å². The van der Waals surface area contributed by atoms with Gasteiger partial charge in [0.25, 0.3) is 0 Å². The lowest BCUT2D eigenvalue weighted by Crippen LogP contribution is -2.15. The van der Waals surface area contributed by atoms with Gasteiger partial charge in [-0.05, 0) is 37.1 Å². The van der Waals surface area contributed by atoms with Crippen LogP contribution in [0.25, 0.3) is 0 Å². The summed E-state index contributed by atoms with van der Waals surface area (Å²) in [4.78, 5) is 0.